The van der Waals surface area contributed by atoms with Gasteiger partial charge in [-0.15, -0.1) is 0 Å². The fraction of sp³-hybridized carbons (Fsp3) is 1.00. The van der Waals surface area contributed by atoms with E-state index < -0.39 is 8.76 Å². The van der Waals surface area contributed by atoms with Crippen molar-refractivity contribution in [2.24, 2.45) is 0 Å². The summed E-state index contributed by atoms with van der Waals surface area (Å²) in [6, 6.07) is 0. The van der Waals surface area contributed by atoms with Gasteiger partial charge in [0.25, 0.3) is 0 Å². The van der Waals surface area contributed by atoms with Gasteiger partial charge in [0.2, 0.25) is 0 Å². The Morgan fingerprint density at radius 1 is 1.07 bits per heavy atom. The van der Waals surface area contributed by atoms with Crippen molar-refractivity contribution in [3.63, 3.8) is 0 Å². The van der Waals surface area contributed by atoms with Gasteiger partial charge >= 0.3 is 115 Å². The molecule has 0 N–H and O–H groups in total. The van der Waals surface area contributed by atoms with Crippen LogP contribution < -0.4 is 0 Å². The molecule has 0 saturated carbocycles. The number of hydrogen-bond donors (Lipinski definition) is 0. The van der Waals surface area contributed by atoms with Crippen LogP contribution in [0.15, 0.2) is 0 Å². The van der Waals surface area contributed by atoms with E-state index in [4.69, 9.17) is 18.4 Å². The quantitative estimate of drug-likeness (QED) is 0.288. The first kappa shape index (κ1) is 16.9. The van der Waals surface area contributed by atoms with Crippen molar-refractivity contribution in [2.45, 2.75) is 33.4 Å². The van der Waals surface area contributed by atoms with Gasteiger partial charge < -0.3 is 0 Å². The summed E-state index contributed by atoms with van der Waals surface area (Å²) in [5.74, 6) is 0. The fourth-order valence-corrected chi connectivity index (χ4v) is 68.6. The molecule has 0 radical (unpaired) electrons. The van der Waals surface area contributed by atoms with Crippen molar-refractivity contribution in [1.82, 2.24) is 0 Å². The van der Waals surface area contributed by atoms with Crippen LogP contribution >= 0.6 is 27.1 Å². The molecule has 1 unspecified atom stereocenters. The van der Waals surface area contributed by atoms with Gasteiger partial charge in [-0.3, -0.25) is 0 Å². The van der Waals surface area contributed by atoms with Crippen molar-refractivity contribution >= 4 is 27.1 Å². The normalized spacial score (nSPS) is 17.7. The molecular formula is C8H20Au2Cl2P2. The molecule has 0 aliphatic carbocycles. The zero-order chi connectivity index (χ0) is 11.4. The van der Waals surface area contributed by atoms with Crippen LogP contribution in [0.3, 0.4) is 0 Å². The van der Waals surface area contributed by atoms with Crippen LogP contribution in [0.25, 0.3) is 0 Å². The van der Waals surface area contributed by atoms with E-state index >= 15 is 0 Å². The summed E-state index contributed by atoms with van der Waals surface area (Å²) < 4.78 is -1.71. The predicted octanol–water partition coefficient (Wildman–Crippen LogP) is 5.32. The zero-order valence-corrected chi connectivity index (χ0v) is 16.9. The van der Waals surface area contributed by atoms with Gasteiger partial charge in [-0.05, 0) is 0 Å². The monoisotopic (exact) mass is 642 g/mol. The molecule has 0 aromatic carbocycles. The molecule has 0 spiro atoms. The Kier molecular flexibility index (Phi) is 8.91. The van der Waals surface area contributed by atoms with Gasteiger partial charge in [-0.1, -0.05) is 0 Å². The first-order valence-electron chi connectivity index (χ1n) is 4.60. The molecule has 0 nitrogen and oxygen atoms in total. The summed E-state index contributed by atoms with van der Waals surface area (Å²) >= 11 is 0.0105. The van der Waals surface area contributed by atoms with Crippen molar-refractivity contribution in [2.75, 3.05) is 19.0 Å². The van der Waals surface area contributed by atoms with E-state index in [-0.39, 0.29) is 35.3 Å². The van der Waals surface area contributed by atoms with Gasteiger partial charge in [-0.25, -0.2) is 0 Å². The fourth-order valence-electron chi connectivity index (χ4n) is 1.36. The predicted molar refractivity (Wildman–Crippen MR) is 67.7 cm³/mol. The minimum atomic E-state index is -0.878. The van der Waals surface area contributed by atoms with E-state index in [2.05, 4.69) is 34.4 Å². The van der Waals surface area contributed by atoms with Gasteiger partial charge in [0, 0.05) is 0 Å². The van der Waals surface area contributed by atoms with Crippen LogP contribution in [0, 0.1) is 0 Å². The topological polar surface area (TPSA) is 0 Å². The summed E-state index contributed by atoms with van der Waals surface area (Å²) in [6.07, 6.45) is 2.67. The SMILES string of the molecule is CC[P](CC)(=[Au][Cl])[P](C)(=[Au][Cl])C(C)C. The van der Waals surface area contributed by atoms with Crippen LogP contribution in [-0.4, -0.2) is 24.6 Å². The molecular weight excluding hydrogens is 623 g/mol. The van der Waals surface area contributed by atoms with Crippen LogP contribution in [0.2, 0.25) is 0 Å². The van der Waals surface area contributed by atoms with Crippen molar-refractivity contribution in [3.8, 4) is 0 Å². The van der Waals surface area contributed by atoms with E-state index in [1.54, 1.807) is 0 Å². The molecule has 0 saturated heterocycles. The number of hydrogen-bond acceptors (Lipinski definition) is 0. The van der Waals surface area contributed by atoms with Gasteiger partial charge in [-0.2, -0.15) is 0 Å². The molecule has 98 valence electrons. The summed E-state index contributed by atoms with van der Waals surface area (Å²) in [4.78, 5) is 0. The molecule has 0 aliphatic rings. The Morgan fingerprint density at radius 3 is 1.57 bits per heavy atom. The van der Waals surface area contributed by atoms with E-state index in [0.717, 1.165) is 5.66 Å². The Bertz CT molecular complexity index is 269. The van der Waals surface area contributed by atoms with E-state index in [1.807, 2.05) is 0 Å². The maximum absolute atomic E-state index is 6.36. The third-order valence-corrected chi connectivity index (χ3v) is 65.6. The molecule has 0 aromatic rings. The molecule has 0 fully saturated rings. The van der Waals surface area contributed by atoms with Gasteiger partial charge in [0.15, 0.2) is 0 Å². The second-order valence-corrected chi connectivity index (χ2v) is 37.2. The number of rotatable bonds is 4. The molecule has 6 heteroatoms. The second-order valence-electron chi connectivity index (χ2n) is 3.43. The third-order valence-electron chi connectivity index (χ3n) is 2.67. The maximum atomic E-state index is 6.36. The average Bonchev–Trinajstić information content (AvgIpc) is 2.20. The minimum absolute atomic E-state index is 0.00284. The number of halogens is 2. The molecule has 14 heavy (non-hydrogen) atoms. The van der Waals surface area contributed by atoms with Crippen LogP contribution in [0.1, 0.15) is 27.7 Å². The van der Waals surface area contributed by atoms with Crippen molar-refractivity contribution in [1.29, 1.82) is 0 Å². The van der Waals surface area contributed by atoms with E-state index in [0.29, 0.717) is 0 Å². The molecule has 0 heterocycles. The standard InChI is InChI=1S/C8H20P2.2Au.2ClH/c1-6-10(7-2)9(5)8(3)4;;;;/h8H,6-7H2,1-5H3;;;2*1H/q;2*+1;;/p-2. The molecule has 0 aromatic heterocycles. The average molecular weight is 643 g/mol. The Morgan fingerprint density at radius 2 is 1.50 bits per heavy atom. The molecule has 0 bridgehead atoms. The van der Waals surface area contributed by atoms with Crippen LogP contribution in [-0.2, 0) is 35.3 Å². The molecule has 1 atom stereocenters. The molecule has 0 aliphatic heterocycles. The molecule has 0 rings (SSSR count). The van der Waals surface area contributed by atoms with E-state index in [1.165, 1.54) is 12.3 Å². The Balaban J connectivity index is 5.64. The summed E-state index contributed by atoms with van der Waals surface area (Å²) in [6.45, 7) is 11.9. The first-order valence-corrected chi connectivity index (χ1v) is 20.6. The summed E-state index contributed by atoms with van der Waals surface area (Å²) in [5.41, 5.74) is 0.796. The van der Waals surface area contributed by atoms with Crippen molar-refractivity contribution in [3.05, 3.63) is 0 Å². The Labute approximate surface area is 113 Å². The van der Waals surface area contributed by atoms with Gasteiger partial charge in [0.05, 0.1) is 0 Å². The van der Waals surface area contributed by atoms with E-state index in [9.17, 15) is 0 Å². The van der Waals surface area contributed by atoms with Gasteiger partial charge in [0.1, 0.15) is 0 Å². The van der Waals surface area contributed by atoms with Crippen molar-refractivity contribution < 1.29 is 35.3 Å². The second kappa shape index (κ2) is 7.38. The summed E-state index contributed by atoms with van der Waals surface area (Å²) in [7, 11) is 12.7. The summed E-state index contributed by atoms with van der Waals surface area (Å²) in [5, 5.41) is 0. The van der Waals surface area contributed by atoms with Crippen LogP contribution in [0.4, 0.5) is 0 Å². The first-order chi connectivity index (χ1) is 6.44. The third kappa shape index (κ3) is 3.23. The zero-order valence-electron chi connectivity index (χ0n) is 9.24. The van der Waals surface area contributed by atoms with Crippen LogP contribution in [0.5, 0.6) is 0 Å². The Hall–Kier alpha value is 2.92. The molecule has 0 amide bonds.